The molecule has 90 valence electrons. The van der Waals surface area contributed by atoms with Gasteiger partial charge >= 0.3 is 6.18 Å². The van der Waals surface area contributed by atoms with E-state index in [0.29, 0.717) is 9.50 Å². The van der Waals surface area contributed by atoms with Gasteiger partial charge in [0, 0.05) is 4.47 Å². The van der Waals surface area contributed by atoms with E-state index in [1.54, 1.807) is 18.2 Å². The highest BCUT2D eigenvalue weighted by Crippen LogP contribution is 2.25. The van der Waals surface area contributed by atoms with E-state index >= 15 is 0 Å². The SMILES string of the molecule is NC(CCc1ccc(Cl)c(Br)c1)C(F)(F)F. The molecule has 1 nitrogen and oxygen atoms in total. The fourth-order valence-corrected chi connectivity index (χ4v) is 1.72. The van der Waals surface area contributed by atoms with Crippen LogP contribution < -0.4 is 5.73 Å². The van der Waals surface area contributed by atoms with Crippen LogP contribution in [0.15, 0.2) is 22.7 Å². The van der Waals surface area contributed by atoms with Gasteiger partial charge in [0.2, 0.25) is 0 Å². The Kier molecular flexibility index (Phi) is 4.64. The normalized spacial score (nSPS) is 13.9. The third-order valence-electron chi connectivity index (χ3n) is 2.15. The highest BCUT2D eigenvalue weighted by Gasteiger charge is 2.35. The summed E-state index contributed by atoms with van der Waals surface area (Å²) in [5.41, 5.74) is 5.78. The van der Waals surface area contributed by atoms with Crippen LogP contribution in [0, 0.1) is 0 Å². The Morgan fingerprint density at radius 1 is 1.38 bits per heavy atom. The Morgan fingerprint density at radius 3 is 2.50 bits per heavy atom. The third-order valence-corrected chi connectivity index (χ3v) is 3.36. The van der Waals surface area contributed by atoms with Crippen LogP contribution in [0.25, 0.3) is 0 Å². The first-order valence-corrected chi connectivity index (χ1v) is 5.74. The van der Waals surface area contributed by atoms with Gasteiger partial charge in [0.15, 0.2) is 0 Å². The number of hydrogen-bond donors (Lipinski definition) is 1. The largest absolute Gasteiger partial charge is 0.403 e. The van der Waals surface area contributed by atoms with Gasteiger partial charge in [-0.3, -0.25) is 0 Å². The van der Waals surface area contributed by atoms with E-state index in [-0.39, 0.29) is 12.8 Å². The van der Waals surface area contributed by atoms with Crippen LogP contribution in [0.2, 0.25) is 5.02 Å². The van der Waals surface area contributed by atoms with Gasteiger partial charge < -0.3 is 5.73 Å². The Labute approximate surface area is 105 Å². The van der Waals surface area contributed by atoms with Gasteiger partial charge in [0.25, 0.3) is 0 Å². The molecule has 0 aromatic heterocycles. The Balaban J connectivity index is 2.58. The maximum Gasteiger partial charge on any atom is 0.403 e. The monoisotopic (exact) mass is 315 g/mol. The number of rotatable bonds is 3. The zero-order chi connectivity index (χ0) is 12.3. The highest BCUT2D eigenvalue weighted by molar-refractivity contribution is 9.10. The predicted molar refractivity (Wildman–Crippen MR) is 61.5 cm³/mol. The molecule has 0 amide bonds. The van der Waals surface area contributed by atoms with Crippen molar-refractivity contribution in [1.29, 1.82) is 0 Å². The van der Waals surface area contributed by atoms with Crippen LogP contribution in [-0.2, 0) is 6.42 Å². The summed E-state index contributed by atoms with van der Waals surface area (Å²) < 4.78 is 37.1. The molecule has 0 aliphatic rings. The topological polar surface area (TPSA) is 26.0 Å². The molecule has 0 aliphatic carbocycles. The smallest absolute Gasteiger partial charge is 0.320 e. The molecule has 1 unspecified atom stereocenters. The van der Waals surface area contributed by atoms with Crippen molar-refractivity contribution >= 4 is 27.5 Å². The summed E-state index contributed by atoms with van der Waals surface area (Å²) in [4.78, 5) is 0. The molecule has 1 aromatic rings. The number of halogens is 5. The van der Waals surface area contributed by atoms with Gasteiger partial charge in [-0.15, -0.1) is 0 Å². The van der Waals surface area contributed by atoms with Crippen molar-refractivity contribution in [2.24, 2.45) is 5.73 Å². The molecule has 6 heteroatoms. The van der Waals surface area contributed by atoms with Crippen molar-refractivity contribution in [3.63, 3.8) is 0 Å². The highest BCUT2D eigenvalue weighted by atomic mass is 79.9. The maximum atomic E-state index is 12.1. The van der Waals surface area contributed by atoms with E-state index in [0.717, 1.165) is 5.56 Å². The second kappa shape index (κ2) is 5.38. The van der Waals surface area contributed by atoms with Crippen molar-refractivity contribution in [3.05, 3.63) is 33.3 Å². The number of benzene rings is 1. The van der Waals surface area contributed by atoms with Gasteiger partial charge in [0.05, 0.1) is 5.02 Å². The van der Waals surface area contributed by atoms with Crippen molar-refractivity contribution in [1.82, 2.24) is 0 Å². The fourth-order valence-electron chi connectivity index (χ4n) is 1.18. The summed E-state index contributed by atoms with van der Waals surface area (Å²) in [5, 5.41) is 0.531. The van der Waals surface area contributed by atoms with E-state index < -0.39 is 12.2 Å². The molecular formula is C10H10BrClF3N. The standard InChI is InChI=1S/C10H10BrClF3N/c11-7-5-6(1-3-8(7)12)2-4-9(16)10(13,14)15/h1,3,5,9H,2,4,16H2. The van der Waals surface area contributed by atoms with Crippen LogP contribution in [0.4, 0.5) is 13.2 Å². The van der Waals surface area contributed by atoms with E-state index in [4.69, 9.17) is 17.3 Å². The third kappa shape index (κ3) is 3.96. The molecule has 0 fully saturated rings. The van der Waals surface area contributed by atoms with Crippen LogP contribution in [-0.4, -0.2) is 12.2 Å². The van der Waals surface area contributed by atoms with Crippen LogP contribution >= 0.6 is 27.5 Å². The lowest BCUT2D eigenvalue weighted by Gasteiger charge is -2.15. The summed E-state index contributed by atoms with van der Waals surface area (Å²) in [5.74, 6) is 0. The minimum atomic E-state index is -4.33. The molecule has 16 heavy (non-hydrogen) atoms. The lowest BCUT2D eigenvalue weighted by Crippen LogP contribution is -2.37. The van der Waals surface area contributed by atoms with Crippen molar-refractivity contribution in [2.45, 2.75) is 25.1 Å². The quantitative estimate of drug-likeness (QED) is 0.898. The molecule has 2 N–H and O–H groups in total. The van der Waals surface area contributed by atoms with Gasteiger partial charge in [0.1, 0.15) is 6.04 Å². The first kappa shape index (κ1) is 13.8. The Hall–Kier alpha value is -0.260. The van der Waals surface area contributed by atoms with Crippen LogP contribution in [0.5, 0.6) is 0 Å². The van der Waals surface area contributed by atoms with E-state index in [1.165, 1.54) is 0 Å². The molecule has 1 aromatic carbocycles. The molecule has 0 bridgehead atoms. The van der Waals surface area contributed by atoms with Crippen molar-refractivity contribution in [3.8, 4) is 0 Å². The minimum Gasteiger partial charge on any atom is -0.320 e. The second-order valence-corrected chi connectivity index (χ2v) is 4.70. The van der Waals surface area contributed by atoms with Gasteiger partial charge in [-0.2, -0.15) is 13.2 Å². The first-order valence-electron chi connectivity index (χ1n) is 4.57. The predicted octanol–water partition coefficient (Wildman–Crippen LogP) is 3.92. The summed E-state index contributed by atoms with van der Waals surface area (Å²) >= 11 is 8.97. The molecule has 0 saturated heterocycles. The average molecular weight is 317 g/mol. The maximum absolute atomic E-state index is 12.1. The molecule has 1 rings (SSSR count). The van der Waals surface area contributed by atoms with Crippen LogP contribution in [0.1, 0.15) is 12.0 Å². The summed E-state index contributed by atoms with van der Waals surface area (Å²) in [6.45, 7) is 0. The fraction of sp³-hybridized carbons (Fsp3) is 0.400. The summed E-state index contributed by atoms with van der Waals surface area (Å²) in [6, 6.07) is 3.25. The number of hydrogen-bond acceptors (Lipinski definition) is 1. The minimum absolute atomic E-state index is 0.127. The van der Waals surface area contributed by atoms with Crippen LogP contribution in [0.3, 0.4) is 0 Å². The average Bonchev–Trinajstić information content (AvgIpc) is 2.18. The molecule has 1 atom stereocenters. The summed E-state index contributed by atoms with van der Waals surface area (Å²) in [7, 11) is 0. The van der Waals surface area contributed by atoms with E-state index in [9.17, 15) is 13.2 Å². The first-order chi connectivity index (χ1) is 7.30. The van der Waals surface area contributed by atoms with E-state index in [2.05, 4.69) is 15.9 Å². The van der Waals surface area contributed by atoms with Crippen molar-refractivity contribution < 1.29 is 13.2 Å². The zero-order valence-electron chi connectivity index (χ0n) is 8.19. The molecule has 0 radical (unpaired) electrons. The lowest BCUT2D eigenvalue weighted by molar-refractivity contribution is -0.148. The molecular weight excluding hydrogens is 306 g/mol. The molecule has 0 spiro atoms. The van der Waals surface area contributed by atoms with Gasteiger partial charge in [-0.25, -0.2) is 0 Å². The van der Waals surface area contributed by atoms with Gasteiger partial charge in [-0.05, 0) is 46.5 Å². The second-order valence-electron chi connectivity index (χ2n) is 3.44. The molecule has 0 saturated carbocycles. The zero-order valence-corrected chi connectivity index (χ0v) is 10.5. The van der Waals surface area contributed by atoms with E-state index in [1.807, 2.05) is 0 Å². The van der Waals surface area contributed by atoms with Crippen molar-refractivity contribution in [2.75, 3.05) is 0 Å². The number of aryl methyl sites for hydroxylation is 1. The Morgan fingerprint density at radius 2 is 2.00 bits per heavy atom. The molecule has 0 aliphatic heterocycles. The molecule has 0 heterocycles. The number of alkyl halides is 3. The lowest BCUT2D eigenvalue weighted by atomic mass is 10.1. The number of nitrogens with two attached hydrogens (primary N) is 1. The Bertz CT molecular complexity index is 368. The van der Waals surface area contributed by atoms with Gasteiger partial charge in [-0.1, -0.05) is 17.7 Å². The summed E-state index contributed by atoms with van der Waals surface area (Å²) in [6.07, 6.45) is -4.18.